The van der Waals surface area contributed by atoms with Gasteiger partial charge < -0.3 is 15.8 Å². The number of hydrogen-bond donors (Lipinski definition) is 2. The van der Waals surface area contributed by atoms with Gasteiger partial charge in [-0.3, -0.25) is 4.79 Å². The zero-order chi connectivity index (χ0) is 17.0. The van der Waals surface area contributed by atoms with Crippen LogP contribution < -0.4 is 15.8 Å². The summed E-state index contributed by atoms with van der Waals surface area (Å²) in [4.78, 5) is 19.2. The lowest BCUT2D eigenvalue weighted by Gasteiger charge is -2.12. The Bertz CT molecular complexity index is 719. The van der Waals surface area contributed by atoms with Gasteiger partial charge in [-0.2, -0.15) is 13.2 Å². The van der Waals surface area contributed by atoms with Crippen LogP contribution in [0.15, 0.2) is 30.5 Å². The van der Waals surface area contributed by atoms with E-state index >= 15 is 0 Å². The van der Waals surface area contributed by atoms with Crippen molar-refractivity contribution < 1.29 is 22.7 Å². The van der Waals surface area contributed by atoms with Gasteiger partial charge in [0.25, 0.3) is 5.91 Å². The van der Waals surface area contributed by atoms with Crippen molar-refractivity contribution in [3.8, 4) is 5.75 Å². The van der Waals surface area contributed by atoms with E-state index in [4.69, 9.17) is 10.5 Å². The number of hydrogen-bond acceptors (Lipinski definition) is 5. The number of pyridine rings is 2. The zero-order valence-corrected chi connectivity index (χ0v) is 12.0. The molecule has 0 saturated carbocycles. The smallest absolute Gasteiger partial charge is 0.433 e. The first-order valence-electron chi connectivity index (χ1n) is 6.55. The van der Waals surface area contributed by atoms with Gasteiger partial charge in [0.05, 0.1) is 12.8 Å². The number of nitrogen functional groups attached to an aromatic ring is 1. The minimum absolute atomic E-state index is 0.184. The topological polar surface area (TPSA) is 90.1 Å². The summed E-state index contributed by atoms with van der Waals surface area (Å²) in [5, 5.41) is 2.41. The van der Waals surface area contributed by atoms with Crippen molar-refractivity contribution >= 4 is 17.4 Å². The van der Waals surface area contributed by atoms with Crippen LogP contribution in [0.25, 0.3) is 0 Å². The molecular weight excluding hydrogens is 313 g/mol. The van der Waals surface area contributed by atoms with Crippen LogP contribution in [0.3, 0.4) is 0 Å². The summed E-state index contributed by atoms with van der Waals surface area (Å²) in [6, 6.07) is 4.47. The second kappa shape index (κ2) is 6.51. The highest BCUT2D eigenvalue weighted by Gasteiger charge is 2.33. The van der Waals surface area contributed by atoms with E-state index in [1.54, 1.807) is 6.92 Å². The SMILES string of the molecule is CCOc1cc(N)ncc1NC(=O)c1cccc(C(F)(F)F)n1. The summed E-state index contributed by atoms with van der Waals surface area (Å²) in [5.41, 5.74) is 4.19. The first kappa shape index (κ1) is 16.5. The number of halogens is 3. The Hall–Kier alpha value is -2.84. The largest absolute Gasteiger partial charge is 0.491 e. The molecule has 2 heterocycles. The third-order valence-corrected chi connectivity index (χ3v) is 2.71. The van der Waals surface area contributed by atoms with Crippen molar-refractivity contribution in [2.24, 2.45) is 0 Å². The molecule has 0 bridgehead atoms. The quantitative estimate of drug-likeness (QED) is 0.901. The lowest BCUT2D eigenvalue weighted by Crippen LogP contribution is -2.17. The number of carbonyl (C=O) groups is 1. The fraction of sp³-hybridized carbons (Fsp3) is 0.214. The summed E-state index contributed by atoms with van der Waals surface area (Å²) in [7, 11) is 0. The molecule has 0 aromatic carbocycles. The number of rotatable bonds is 4. The third kappa shape index (κ3) is 4.09. The van der Waals surface area contributed by atoms with E-state index in [0.717, 1.165) is 12.1 Å². The molecule has 9 heteroatoms. The summed E-state index contributed by atoms with van der Waals surface area (Å²) in [5.74, 6) is -0.368. The molecule has 2 aromatic heterocycles. The number of nitrogens with two attached hydrogens (primary N) is 1. The second-order valence-corrected chi connectivity index (χ2v) is 4.40. The third-order valence-electron chi connectivity index (χ3n) is 2.71. The number of nitrogens with one attached hydrogen (secondary N) is 1. The zero-order valence-electron chi connectivity index (χ0n) is 12.0. The van der Waals surface area contributed by atoms with E-state index in [1.807, 2.05) is 0 Å². The van der Waals surface area contributed by atoms with E-state index in [2.05, 4.69) is 15.3 Å². The van der Waals surface area contributed by atoms with Gasteiger partial charge in [0.15, 0.2) is 0 Å². The standard InChI is InChI=1S/C14H13F3N4O2/c1-2-23-10-6-12(18)19-7-9(10)21-13(22)8-4-3-5-11(20-8)14(15,16)17/h3-7H,2H2,1H3,(H2,18,19)(H,21,22). The Morgan fingerprint density at radius 2 is 2.13 bits per heavy atom. The van der Waals surface area contributed by atoms with Crippen LogP contribution in [-0.2, 0) is 6.18 Å². The highest BCUT2D eigenvalue weighted by atomic mass is 19.4. The van der Waals surface area contributed by atoms with E-state index < -0.39 is 17.8 Å². The van der Waals surface area contributed by atoms with E-state index in [-0.39, 0.29) is 22.9 Å². The first-order chi connectivity index (χ1) is 10.8. The lowest BCUT2D eigenvalue weighted by molar-refractivity contribution is -0.141. The number of aromatic nitrogens is 2. The monoisotopic (exact) mass is 326 g/mol. The number of ether oxygens (including phenoxy) is 1. The molecule has 6 nitrogen and oxygen atoms in total. The van der Waals surface area contributed by atoms with Crippen LogP contribution >= 0.6 is 0 Å². The van der Waals surface area contributed by atoms with Gasteiger partial charge >= 0.3 is 6.18 Å². The van der Waals surface area contributed by atoms with Crippen LogP contribution in [0.5, 0.6) is 5.75 Å². The Morgan fingerprint density at radius 3 is 2.78 bits per heavy atom. The molecular formula is C14H13F3N4O2. The fourth-order valence-electron chi connectivity index (χ4n) is 1.73. The van der Waals surface area contributed by atoms with Crippen LogP contribution in [-0.4, -0.2) is 22.5 Å². The molecule has 0 atom stereocenters. The van der Waals surface area contributed by atoms with E-state index in [0.29, 0.717) is 6.61 Å². The van der Waals surface area contributed by atoms with Crippen molar-refractivity contribution in [3.05, 3.63) is 41.9 Å². The van der Waals surface area contributed by atoms with Crippen LogP contribution in [0, 0.1) is 0 Å². The minimum Gasteiger partial charge on any atom is -0.491 e. The average Bonchev–Trinajstić information content (AvgIpc) is 2.49. The Morgan fingerprint density at radius 1 is 1.39 bits per heavy atom. The number of amides is 1. The molecule has 122 valence electrons. The van der Waals surface area contributed by atoms with Gasteiger partial charge in [-0.25, -0.2) is 9.97 Å². The summed E-state index contributed by atoms with van der Waals surface area (Å²) >= 11 is 0. The van der Waals surface area contributed by atoms with Crippen molar-refractivity contribution in [1.29, 1.82) is 0 Å². The van der Waals surface area contributed by atoms with Gasteiger partial charge in [0.1, 0.15) is 28.6 Å². The molecule has 0 spiro atoms. The molecule has 2 aromatic rings. The van der Waals surface area contributed by atoms with Gasteiger partial charge in [0.2, 0.25) is 0 Å². The van der Waals surface area contributed by atoms with Crippen LogP contribution in [0.1, 0.15) is 23.1 Å². The molecule has 0 saturated heterocycles. The number of carbonyl (C=O) groups excluding carboxylic acids is 1. The van der Waals surface area contributed by atoms with Gasteiger partial charge in [-0.05, 0) is 19.1 Å². The van der Waals surface area contributed by atoms with Crippen LogP contribution in [0.4, 0.5) is 24.7 Å². The molecule has 3 N–H and O–H groups in total. The summed E-state index contributed by atoms with van der Waals surface area (Å²) in [6.45, 7) is 2.05. The predicted molar refractivity (Wildman–Crippen MR) is 77.0 cm³/mol. The maximum absolute atomic E-state index is 12.6. The number of alkyl halides is 3. The van der Waals surface area contributed by atoms with Crippen molar-refractivity contribution in [2.45, 2.75) is 13.1 Å². The molecule has 0 aliphatic rings. The van der Waals surface area contributed by atoms with E-state index in [1.165, 1.54) is 18.3 Å². The normalized spacial score (nSPS) is 11.1. The molecule has 1 amide bonds. The Labute approximate surface area is 129 Å². The average molecular weight is 326 g/mol. The lowest BCUT2D eigenvalue weighted by atomic mass is 10.2. The molecule has 2 rings (SSSR count). The van der Waals surface area contributed by atoms with Crippen molar-refractivity contribution in [3.63, 3.8) is 0 Å². The fourth-order valence-corrected chi connectivity index (χ4v) is 1.73. The maximum atomic E-state index is 12.6. The molecule has 0 unspecified atom stereocenters. The van der Waals surface area contributed by atoms with Crippen LogP contribution in [0.2, 0.25) is 0 Å². The summed E-state index contributed by atoms with van der Waals surface area (Å²) in [6.07, 6.45) is -3.37. The molecule has 23 heavy (non-hydrogen) atoms. The second-order valence-electron chi connectivity index (χ2n) is 4.40. The predicted octanol–water partition coefficient (Wildman–Crippen LogP) is 2.73. The Balaban J connectivity index is 2.26. The Kier molecular flexibility index (Phi) is 4.68. The minimum atomic E-state index is -4.63. The first-order valence-corrected chi connectivity index (χ1v) is 6.55. The highest BCUT2D eigenvalue weighted by Crippen LogP contribution is 2.28. The van der Waals surface area contributed by atoms with E-state index in [9.17, 15) is 18.0 Å². The van der Waals surface area contributed by atoms with Crippen molar-refractivity contribution in [1.82, 2.24) is 9.97 Å². The number of anilines is 2. The number of nitrogens with zero attached hydrogens (tertiary/aromatic N) is 2. The molecule has 0 aliphatic carbocycles. The maximum Gasteiger partial charge on any atom is 0.433 e. The van der Waals surface area contributed by atoms with Crippen molar-refractivity contribution in [2.75, 3.05) is 17.7 Å². The molecule has 0 radical (unpaired) electrons. The van der Waals surface area contributed by atoms with Gasteiger partial charge in [-0.1, -0.05) is 6.07 Å². The van der Waals surface area contributed by atoms with Gasteiger partial charge in [0, 0.05) is 6.07 Å². The molecule has 0 fully saturated rings. The van der Waals surface area contributed by atoms with Gasteiger partial charge in [-0.15, -0.1) is 0 Å². The molecule has 0 aliphatic heterocycles. The highest BCUT2D eigenvalue weighted by molar-refractivity contribution is 6.03. The summed E-state index contributed by atoms with van der Waals surface area (Å²) < 4.78 is 43.2.